The molecule has 0 amide bonds. The van der Waals surface area contributed by atoms with Crippen molar-refractivity contribution in [3.8, 4) is 5.75 Å². The van der Waals surface area contributed by atoms with Gasteiger partial charge in [-0.05, 0) is 36.2 Å². The number of hydrogen-bond donors (Lipinski definition) is 1. The molecule has 0 aliphatic carbocycles. The molecule has 0 spiro atoms. The second-order valence-electron chi connectivity index (χ2n) is 6.39. The third-order valence-electron chi connectivity index (χ3n) is 4.65. The van der Waals surface area contributed by atoms with Gasteiger partial charge in [-0.2, -0.15) is 13.2 Å². The van der Waals surface area contributed by atoms with Gasteiger partial charge in [-0.3, -0.25) is 4.79 Å². The first-order chi connectivity index (χ1) is 13.0. The van der Waals surface area contributed by atoms with E-state index in [1.165, 1.54) is 18.2 Å². The van der Waals surface area contributed by atoms with Crippen molar-refractivity contribution in [2.75, 3.05) is 13.1 Å². The molecule has 2 aromatic rings. The van der Waals surface area contributed by atoms with Crippen LogP contribution in [0.2, 0.25) is 0 Å². The number of rotatable bonds is 6. The average Bonchev–Trinajstić information content (AvgIpc) is 2.67. The predicted octanol–water partition coefficient (Wildman–Crippen LogP) is 3.90. The largest absolute Gasteiger partial charge is 0.488 e. The van der Waals surface area contributed by atoms with Crippen molar-refractivity contribution >= 4 is 6.47 Å². The zero-order valence-electron chi connectivity index (χ0n) is 14.5. The molecule has 0 radical (unpaired) electrons. The first kappa shape index (κ1) is 19.2. The van der Waals surface area contributed by atoms with Gasteiger partial charge in [-0.25, -0.2) is 0 Å². The molecule has 4 nitrogen and oxygen atoms in total. The minimum absolute atomic E-state index is 0.0356. The molecule has 0 aromatic heterocycles. The quantitative estimate of drug-likeness (QED) is 0.774. The van der Waals surface area contributed by atoms with E-state index < -0.39 is 11.7 Å². The van der Waals surface area contributed by atoms with Crippen LogP contribution in [0.15, 0.2) is 48.5 Å². The van der Waals surface area contributed by atoms with E-state index in [1.54, 1.807) is 0 Å². The number of para-hydroxylation sites is 1. The Morgan fingerprint density at radius 1 is 1.11 bits per heavy atom. The Labute approximate surface area is 155 Å². The number of ether oxygens (including phenoxy) is 2. The third kappa shape index (κ3) is 4.80. The maximum Gasteiger partial charge on any atom is 0.419 e. The molecule has 1 saturated heterocycles. The van der Waals surface area contributed by atoms with E-state index >= 15 is 0 Å². The van der Waals surface area contributed by atoms with E-state index in [4.69, 9.17) is 9.47 Å². The van der Waals surface area contributed by atoms with Crippen molar-refractivity contribution in [1.29, 1.82) is 0 Å². The summed E-state index contributed by atoms with van der Waals surface area (Å²) < 4.78 is 49.6. The molecule has 1 N–H and O–H groups in total. The van der Waals surface area contributed by atoms with Crippen LogP contribution in [0.1, 0.15) is 29.0 Å². The molecule has 1 heterocycles. The lowest BCUT2D eigenvalue weighted by Crippen LogP contribution is -2.40. The van der Waals surface area contributed by atoms with Gasteiger partial charge in [0.15, 0.2) is 0 Å². The van der Waals surface area contributed by atoms with Gasteiger partial charge in [-0.15, -0.1) is 0 Å². The van der Waals surface area contributed by atoms with E-state index in [9.17, 15) is 18.0 Å². The fourth-order valence-electron chi connectivity index (χ4n) is 3.27. The van der Waals surface area contributed by atoms with E-state index in [-0.39, 0.29) is 24.4 Å². The lowest BCUT2D eigenvalue weighted by atomic mass is 9.87. The number of nitrogens with one attached hydrogen (secondary N) is 1. The van der Waals surface area contributed by atoms with Crippen LogP contribution in [0.4, 0.5) is 13.2 Å². The van der Waals surface area contributed by atoms with Crippen LogP contribution in [0.3, 0.4) is 0 Å². The highest BCUT2D eigenvalue weighted by atomic mass is 19.4. The lowest BCUT2D eigenvalue weighted by molar-refractivity contribution is -0.139. The first-order valence-electron chi connectivity index (χ1n) is 8.66. The van der Waals surface area contributed by atoms with Crippen molar-refractivity contribution < 1.29 is 27.4 Å². The summed E-state index contributed by atoms with van der Waals surface area (Å²) in [5, 5.41) is 3.19. The van der Waals surface area contributed by atoms with Crippen LogP contribution >= 0.6 is 0 Å². The summed E-state index contributed by atoms with van der Waals surface area (Å²) in [5.74, 6) is -0.0933. The SMILES string of the molecule is O=COC1CNCCC1c1ccc(COc2ccccc2C(F)(F)F)cc1. The van der Waals surface area contributed by atoms with Gasteiger partial charge < -0.3 is 14.8 Å². The summed E-state index contributed by atoms with van der Waals surface area (Å²) in [7, 11) is 0. The number of alkyl halides is 3. The van der Waals surface area contributed by atoms with Crippen LogP contribution in [0.5, 0.6) is 5.75 Å². The van der Waals surface area contributed by atoms with Gasteiger partial charge in [-0.1, -0.05) is 36.4 Å². The number of carbonyl (C=O) groups is 1. The summed E-state index contributed by atoms with van der Waals surface area (Å²) in [6, 6.07) is 12.6. The summed E-state index contributed by atoms with van der Waals surface area (Å²) in [5.41, 5.74) is 1.01. The molecule has 0 bridgehead atoms. The van der Waals surface area contributed by atoms with Gasteiger partial charge in [0.1, 0.15) is 18.5 Å². The van der Waals surface area contributed by atoms with E-state index in [0.717, 1.165) is 30.2 Å². The van der Waals surface area contributed by atoms with Crippen molar-refractivity contribution in [3.05, 3.63) is 65.2 Å². The predicted molar refractivity (Wildman–Crippen MR) is 93.4 cm³/mol. The van der Waals surface area contributed by atoms with Crippen molar-refractivity contribution in [2.45, 2.75) is 31.2 Å². The summed E-state index contributed by atoms with van der Waals surface area (Å²) in [4.78, 5) is 10.7. The Kier molecular flexibility index (Phi) is 6.01. The monoisotopic (exact) mass is 379 g/mol. The van der Waals surface area contributed by atoms with Crippen LogP contribution in [0.25, 0.3) is 0 Å². The molecule has 3 rings (SSSR count). The van der Waals surface area contributed by atoms with Crippen molar-refractivity contribution in [2.24, 2.45) is 0 Å². The fourth-order valence-corrected chi connectivity index (χ4v) is 3.27. The van der Waals surface area contributed by atoms with Crippen LogP contribution in [-0.2, 0) is 22.3 Å². The van der Waals surface area contributed by atoms with E-state index in [2.05, 4.69) is 5.32 Å². The van der Waals surface area contributed by atoms with Gasteiger partial charge >= 0.3 is 6.18 Å². The minimum Gasteiger partial charge on any atom is -0.488 e. The molecular formula is C20H20F3NO3. The molecule has 27 heavy (non-hydrogen) atoms. The Bertz CT molecular complexity index is 762. The maximum atomic E-state index is 13.0. The summed E-state index contributed by atoms with van der Waals surface area (Å²) in [6.07, 6.45) is -3.84. The standard InChI is InChI=1S/C20H20F3NO3/c21-20(22,23)17-3-1-2-4-18(17)26-12-14-5-7-15(8-6-14)16-9-10-24-11-19(16)27-13-25/h1-8,13,16,19,24H,9-12H2. The molecule has 2 aromatic carbocycles. The molecule has 0 saturated carbocycles. The molecule has 7 heteroatoms. The smallest absolute Gasteiger partial charge is 0.419 e. The van der Waals surface area contributed by atoms with Gasteiger partial charge in [0, 0.05) is 12.5 Å². The molecule has 1 fully saturated rings. The maximum absolute atomic E-state index is 13.0. The minimum atomic E-state index is -4.46. The highest BCUT2D eigenvalue weighted by molar-refractivity contribution is 5.39. The number of benzene rings is 2. The summed E-state index contributed by atoms with van der Waals surface area (Å²) >= 11 is 0. The second-order valence-corrected chi connectivity index (χ2v) is 6.39. The second kappa shape index (κ2) is 8.43. The number of piperidine rings is 1. The van der Waals surface area contributed by atoms with E-state index in [1.807, 2.05) is 24.3 Å². The molecule has 1 aliphatic rings. The molecular weight excluding hydrogens is 359 g/mol. The number of hydrogen-bond acceptors (Lipinski definition) is 4. The number of carbonyl (C=O) groups excluding carboxylic acids is 1. The van der Waals surface area contributed by atoms with Gasteiger partial charge in [0.25, 0.3) is 6.47 Å². The van der Waals surface area contributed by atoms with Crippen LogP contribution in [0, 0.1) is 0 Å². The Morgan fingerprint density at radius 2 is 1.85 bits per heavy atom. The van der Waals surface area contributed by atoms with E-state index in [0.29, 0.717) is 13.0 Å². The molecule has 1 aliphatic heterocycles. The zero-order chi connectivity index (χ0) is 19.3. The highest BCUT2D eigenvalue weighted by Gasteiger charge is 2.34. The lowest BCUT2D eigenvalue weighted by Gasteiger charge is -2.31. The average molecular weight is 379 g/mol. The molecule has 2 atom stereocenters. The fraction of sp³-hybridized carbons (Fsp3) is 0.350. The Hall–Kier alpha value is -2.54. The summed E-state index contributed by atoms with van der Waals surface area (Å²) in [6.45, 7) is 1.93. The van der Waals surface area contributed by atoms with Gasteiger partial charge in [0.05, 0.1) is 5.56 Å². The van der Waals surface area contributed by atoms with Gasteiger partial charge in [0.2, 0.25) is 0 Å². The topological polar surface area (TPSA) is 47.6 Å². The van der Waals surface area contributed by atoms with Crippen molar-refractivity contribution in [1.82, 2.24) is 5.32 Å². The first-order valence-corrected chi connectivity index (χ1v) is 8.66. The number of halogens is 3. The zero-order valence-corrected chi connectivity index (χ0v) is 14.5. The Balaban J connectivity index is 1.67. The third-order valence-corrected chi connectivity index (χ3v) is 4.65. The highest BCUT2D eigenvalue weighted by Crippen LogP contribution is 2.36. The molecule has 2 unspecified atom stereocenters. The normalized spacial score (nSPS) is 20.1. The Morgan fingerprint density at radius 3 is 2.56 bits per heavy atom. The van der Waals surface area contributed by atoms with Crippen molar-refractivity contribution in [3.63, 3.8) is 0 Å². The van der Waals surface area contributed by atoms with Crippen LogP contribution < -0.4 is 10.1 Å². The molecule has 144 valence electrons. The van der Waals surface area contributed by atoms with Crippen LogP contribution in [-0.4, -0.2) is 25.7 Å².